The van der Waals surface area contributed by atoms with Crippen LogP contribution >= 0.6 is 0 Å². The van der Waals surface area contributed by atoms with Gasteiger partial charge in [0.2, 0.25) is 0 Å². The molecule has 1 unspecified atom stereocenters. The van der Waals surface area contributed by atoms with Crippen molar-refractivity contribution in [3.8, 4) is 0 Å². The summed E-state index contributed by atoms with van der Waals surface area (Å²) >= 11 is 0. The third-order valence-corrected chi connectivity index (χ3v) is 2.23. The highest BCUT2D eigenvalue weighted by atomic mass is 16.5. The predicted octanol–water partition coefficient (Wildman–Crippen LogP) is 1.74. The van der Waals surface area contributed by atoms with E-state index in [0.29, 0.717) is 5.70 Å². The first kappa shape index (κ1) is 8.29. The fourth-order valence-electron chi connectivity index (χ4n) is 1.49. The molecular formula is C10H11NO2. The number of hydrogen-bond donors (Lipinski definition) is 2. The molecule has 3 heteroatoms. The lowest BCUT2D eigenvalue weighted by molar-refractivity contribution is -0.173. The quantitative estimate of drug-likeness (QED) is 0.634. The molecule has 1 aromatic carbocycles. The van der Waals surface area contributed by atoms with Gasteiger partial charge in [-0.05, 0) is 18.6 Å². The van der Waals surface area contributed by atoms with E-state index in [1.807, 2.05) is 24.3 Å². The first-order valence-corrected chi connectivity index (χ1v) is 4.13. The molecule has 0 saturated heterocycles. The van der Waals surface area contributed by atoms with Crippen molar-refractivity contribution in [2.24, 2.45) is 0 Å². The summed E-state index contributed by atoms with van der Waals surface area (Å²) in [5, 5.41) is 19.9. The molecule has 3 nitrogen and oxygen atoms in total. The number of hydrogen-bond acceptors (Lipinski definition) is 3. The second-order valence-electron chi connectivity index (χ2n) is 3.13. The maximum atomic E-state index is 9.64. The van der Waals surface area contributed by atoms with E-state index in [1.54, 1.807) is 13.0 Å². The van der Waals surface area contributed by atoms with Crippen molar-refractivity contribution in [1.29, 1.82) is 0 Å². The Labute approximate surface area is 76.5 Å². The van der Waals surface area contributed by atoms with Crippen LogP contribution in [0.3, 0.4) is 0 Å². The van der Waals surface area contributed by atoms with Crippen molar-refractivity contribution in [2.45, 2.75) is 13.2 Å². The largest absolute Gasteiger partial charge is 0.367 e. The molecule has 0 radical (unpaired) electrons. The fourth-order valence-corrected chi connectivity index (χ4v) is 1.49. The van der Waals surface area contributed by atoms with E-state index in [9.17, 15) is 10.3 Å². The average Bonchev–Trinajstić information content (AvgIpc) is 2.15. The predicted molar refractivity (Wildman–Crippen MR) is 48.7 cm³/mol. The van der Waals surface area contributed by atoms with Crippen LogP contribution in [0.25, 0.3) is 6.08 Å². The van der Waals surface area contributed by atoms with Crippen LogP contribution in [0, 0.1) is 0 Å². The third kappa shape index (κ3) is 1.22. The van der Waals surface area contributed by atoms with Crippen LogP contribution in [0.4, 0.5) is 0 Å². The van der Waals surface area contributed by atoms with E-state index in [1.165, 1.54) is 0 Å². The van der Waals surface area contributed by atoms with Gasteiger partial charge in [0.1, 0.15) is 0 Å². The van der Waals surface area contributed by atoms with Crippen LogP contribution < -0.4 is 0 Å². The zero-order chi connectivity index (χ0) is 9.42. The van der Waals surface area contributed by atoms with Crippen LogP contribution in [-0.4, -0.2) is 15.4 Å². The smallest absolute Gasteiger partial charge is 0.177 e. The van der Waals surface area contributed by atoms with Gasteiger partial charge in [0.05, 0.1) is 0 Å². The number of fused-ring (bicyclic) bond motifs is 1. The van der Waals surface area contributed by atoms with Gasteiger partial charge in [-0.15, -0.1) is 0 Å². The molecule has 1 aliphatic heterocycles. The molecule has 1 aliphatic rings. The van der Waals surface area contributed by atoms with Gasteiger partial charge in [-0.1, -0.05) is 24.3 Å². The number of hydroxylamine groups is 2. The van der Waals surface area contributed by atoms with E-state index >= 15 is 0 Å². The third-order valence-electron chi connectivity index (χ3n) is 2.23. The van der Waals surface area contributed by atoms with Crippen LogP contribution in [0.1, 0.15) is 24.3 Å². The molecule has 68 valence electrons. The van der Waals surface area contributed by atoms with Gasteiger partial charge in [-0.25, -0.2) is 5.06 Å². The summed E-state index contributed by atoms with van der Waals surface area (Å²) in [7, 11) is 0. The van der Waals surface area contributed by atoms with E-state index in [-0.39, 0.29) is 0 Å². The highest BCUT2D eigenvalue weighted by Crippen LogP contribution is 2.29. The van der Waals surface area contributed by atoms with Gasteiger partial charge in [-0.2, -0.15) is 0 Å². The average molecular weight is 177 g/mol. The summed E-state index contributed by atoms with van der Waals surface area (Å²) in [5.41, 5.74) is 2.33. The standard InChI is InChI=1S/C10H11NO2/c1-7-6-8-4-2-3-5-9(8)10(12)11(7)13/h2-6,10,12-13H,1H3. The number of nitrogens with zero attached hydrogens (tertiary/aromatic N) is 1. The Morgan fingerprint density at radius 2 is 2.00 bits per heavy atom. The number of aliphatic hydroxyl groups is 1. The first-order valence-electron chi connectivity index (χ1n) is 4.13. The molecule has 0 amide bonds. The highest BCUT2D eigenvalue weighted by molar-refractivity contribution is 5.58. The second kappa shape index (κ2) is 2.87. The second-order valence-corrected chi connectivity index (χ2v) is 3.13. The molecule has 0 fully saturated rings. The summed E-state index contributed by atoms with van der Waals surface area (Å²) in [5.74, 6) is 0. The topological polar surface area (TPSA) is 43.7 Å². The molecule has 0 bridgehead atoms. The molecule has 1 heterocycles. The van der Waals surface area contributed by atoms with Crippen molar-refractivity contribution in [3.05, 3.63) is 41.1 Å². The number of allylic oxidation sites excluding steroid dienone is 1. The van der Waals surface area contributed by atoms with Crippen LogP contribution in [0.2, 0.25) is 0 Å². The molecule has 2 N–H and O–H groups in total. The lowest BCUT2D eigenvalue weighted by Crippen LogP contribution is -2.26. The molecule has 13 heavy (non-hydrogen) atoms. The summed E-state index contributed by atoms with van der Waals surface area (Å²) in [6, 6.07) is 7.45. The van der Waals surface area contributed by atoms with Crippen LogP contribution in [-0.2, 0) is 0 Å². The Bertz CT molecular complexity index is 360. The number of benzene rings is 1. The van der Waals surface area contributed by atoms with Gasteiger partial charge in [-0.3, -0.25) is 5.21 Å². The monoisotopic (exact) mass is 177 g/mol. The van der Waals surface area contributed by atoms with E-state index in [0.717, 1.165) is 16.2 Å². The Kier molecular flexibility index (Phi) is 1.83. The summed E-state index contributed by atoms with van der Waals surface area (Å²) in [6.07, 6.45) is 0.892. The lowest BCUT2D eigenvalue weighted by Gasteiger charge is -2.29. The van der Waals surface area contributed by atoms with Crippen molar-refractivity contribution in [2.75, 3.05) is 0 Å². The lowest BCUT2D eigenvalue weighted by atomic mass is 10.0. The zero-order valence-corrected chi connectivity index (χ0v) is 7.31. The van der Waals surface area contributed by atoms with Crippen LogP contribution in [0.5, 0.6) is 0 Å². The molecule has 1 aromatic rings. The Morgan fingerprint density at radius 1 is 1.31 bits per heavy atom. The minimum Gasteiger partial charge on any atom is -0.367 e. The zero-order valence-electron chi connectivity index (χ0n) is 7.31. The van der Waals surface area contributed by atoms with Crippen molar-refractivity contribution < 1.29 is 10.3 Å². The number of rotatable bonds is 0. The molecule has 0 aromatic heterocycles. The Hall–Kier alpha value is -1.32. The van der Waals surface area contributed by atoms with E-state index < -0.39 is 6.23 Å². The van der Waals surface area contributed by atoms with Gasteiger partial charge in [0, 0.05) is 11.3 Å². The molecule has 0 aliphatic carbocycles. The van der Waals surface area contributed by atoms with E-state index in [4.69, 9.17) is 0 Å². The maximum absolute atomic E-state index is 9.64. The molecule has 1 atom stereocenters. The normalized spacial score (nSPS) is 21.0. The Balaban J connectivity index is 2.56. The van der Waals surface area contributed by atoms with E-state index in [2.05, 4.69) is 0 Å². The van der Waals surface area contributed by atoms with Gasteiger partial charge >= 0.3 is 0 Å². The first-order chi connectivity index (χ1) is 6.20. The maximum Gasteiger partial charge on any atom is 0.177 e. The van der Waals surface area contributed by atoms with Crippen molar-refractivity contribution in [1.82, 2.24) is 5.06 Å². The minimum atomic E-state index is -0.943. The minimum absolute atomic E-state index is 0.645. The van der Waals surface area contributed by atoms with Gasteiger partial charge < -0.3 is 5.11 Å². The Morgan fingerprint density at radius 3 is 2.77 bits per heavy atom. The van der Waals surface area contributed by atoms with Crippen LogP contribution in [0.15, 0.2) is 30.0 Å². The molecule has 0 saturated carbocycles. The molecule has 0 spiro atoms. The molecular weight excluding hydrogens is 166 g/mol. The van der Waals surface area contributed by atoms with Gasteiger partial charge in [0.25, 0.3) is 0 Å². The SMILES string of the molecule is CC1=Cc2ccccc2C(O)N1O. The molecule has 2 rings (SSSR count). The summed E-state index contributed by atoms with van der Waals surface area (Å²) in [6.45, 7) is 1.75. The highest BCUT2D eigenvalue weighted by Gasteiger charge is 2.22. The fraction of sp³-hybridized carbons (Fsp3) is 0.200. The summed E-state index contributed by atoms with van der Waals surface area (Å²) < 4.78 is 0. The number of aliphatic hydroxyl groups excluding tert-OH is 1. The van der Waals surface area contributed by atoms with Crippen molar-refractivity contribution in [3.63, 3.8) is 0 Å². The summed E-state index contributed by atoms with van der Waals surface area (Å²) in [4.78, 5) is 0. The van der Waals surface area contributed by atoms with Gasteiger partial charge in [0.15, 0.2) is 6.23 Å². The van der Waals surface area contributed by atoms with Crippen molar-refractivity contribution >= 4 is 6.08 Å².